The number of amides is 1. The maximum atomic E-state index is 12.7. The molecule has 338 valence electrons. The van der Waals surface area contributed by atoms with Crippen LogP contribution in [0.2, 0.25) is 0 Å². The lowest BCUT2D eigenvalue weighted by Crippen LogP contribution is -2.45. The Bertz CT molecular complexity index is 1430. The van der Waals surface area contributed by atoms with Gasteiger partial charge < -0.3 is 19.8 Å². The van der Waals surface area contributed by atoms with E-state index in [0.717, 1.165) is 103 Å². The Morgan fingerprint density at radius 1 is 0.583 bits per heavy atom. The highest BCUT2D eigenvalue weighted by Gasteiger charge is 2.27. The van der Waals surface area contributed by atoms with E-state index in [-0.39, 0.29) is 25.5 Å². The molecule has 0 aliphatic rings. The molecule has 3 atom stereocenters. The summed E-state index contributed by atoms with van der Waals surface area (Å²) in [6.45, 7) is 4.50. The predicted molar refractivity (Wildman–Crippen MR) is 258 cm³/mol. The number of likely N-dealkylation sites (N-methyl/N-ethyl adjacent to an activating group) is 1. The highest BCUT2D eigenvalue weighted by molar-refractivity contribution is 7.47. The average Bonchev–Trinajstić information content (AvgIpc) is 3.20. The van der Waals surface area contributed by atoms with Crippen molar-refractivity contribution >= 4 is 13.7 Å². The van der Waals surface area contributed by atoms with E-state index in [4.69, 9.17) is 9.05 Å². The van der Waals surface area contributed by atoms with Gasteiger partial charge in [-0.2, -0.15) is 0 Å². The van der Waals surface area contributed by atoms with Crippen LogP contribution in [0, 0.1) is 0 Å². The van der Waals surface area contributed by atoms with Crippen LogP contribution in [0.25, 0.3) is 0 Å². The van der Waals surface area contributed by atoms with Crippen molar-refractivity contribution < 1.29 is 32.9 Å². The monoisotopic (exact) mass is 852 g/mol. The van der Waals surface area contributed by atoms with Crippen LogP contribution >= 0.6 is 7.82 Å². The van der Waals surface area contributed by atoms with E-state index in [1.807, 2.05) is 27.2 Å². The van der Waals surface area contributed by atoms with Crippen LogP contribution < -0.4 is 5.32 Å². The van der Waals surface area contributed by atoms with Crippen LogP contribution in [0.5, 0.6) is 0 Å². The van der Waals surface area contributed by atoms with E-state index in [1.54, 1.807) is 6.08 Å². The zero-order chi connectivity index (χ0) is 44.3. The van der Waals surface area contributed by atoms with E-state index in [1.165, 1.54) is 0 Å². The molecule has 0 fully saturated rings. The minimum Gasteiger partial charge on any atom is -0.387 e. The smallest absolute Gasteiger partial charge is 0.387 e. The predicted octanol–water partition coefficient (Wildman–Crippen LogP) is 12.9. The van der Waals surface area contributed by atoms with Crippen molar-refractivity contribution in [2.45, 2.75) is 142 Å². The summed E-state index contributed by atoms with van der Waals surface area (Å²) in [7, 11) is 1.51. The first-order valence-corrected chi connectivity index (χ1v) is 24.1. The topological polar surface area (TPSA) is 105 Å². The molecule has 0 saturated heterocycles. The van der Waals surface area contributed by atoms with Crippen molar-refractivity contribution in [2.24, 2.45) is 0 Å². The van der Waals surface area contributed by atoms with Gasteiger partial charge in [-0.3, -0.25) is 13.8 Å². The largest absolute Gasteiger partial charge is 0.472 e. The first kappa shape index (κ1) is 56.6. The molecule has 0 radical (unpaired) electrons. The zero-order valence-electron chi connectivity index (χ0n) is 38.1. The van der Waals surface area contributed by atoms with Crippen LogP contribution in [-0.4, -0.2) is 73.4 Å². The zero-order valence-corrected chi connectivity index (χ0v) is 39.0. The second-order valence-corrected chi connectivity index (χ2v) is 17.1. The SMILES string of the molecule is CC/C=C\C/C=C\C/C=C\C/C=C\C/C=C\C/C=C\C/C=C\C/C=C\C/C=C\C/C=C\CCCCC(=O)NC(COP(=O)(O)OCC[N+](C)(C)C)C(O)/C=C/CCCCC. The lowest BCUT2D eigenvalue weighted by molar-refractivity contribution is -0.870. The van der Waals surface area contributed by atoms with E-state index in [2.05, 4.69) is 141 Å². The summed E-state index contributed by atoms with van der Waals surface area (Å²) in [4.78, 5) is 22.9. The molecule has 9 heteroatoms. The molecule has 8 nitrogen and oxygen atoms in total. The molecule has 0 aliphatic heterocycles. The van der Waals surface area contributed by atoms with Crippen LogP contribution in [-0.2, 0) is 18.4 Å². The Kier molecular flexibility index (Phi) is 38.7. The van der Waals surface area contributed by atoms with Crippen LogP contribution in [0.1, 0.15) is 129 Å². The van der Waals surface area contributed by atoms with Crippen LogP contribution in [0.15, 0.2) is 134 Å². The summed E-state index contributed by atoms with van der Waals surface area (Å²) in [5.74, 6) is -0.235. The molecule has 0 saturated carbocycles. The summed E-state index contributed by atoms with van der Waals surface area (Å²) < 4.78 is 23.3. The van der Waals surface area contributed by atoms with E-state index in [0.29, 0.717) is 17.4 Å². The number of nitrogens with one attached hydrogen (secondary N) is 1. The minimum absolute atomic E-state index is 0.0437. The molecule has 0 aromatic rings. The summed E-state index contributed by atoms with van der Waals surface area (Å²) in [6, 6.07) is -0.876. The number of allylic oxidation sites excluding steroid dienone is 21. The maximum absolute atomic E-state index is 12.7. The van der Waals surface area contributed by atoms with E-state index in [9.17, 15) is 19.4 Å². The molecule has 0 aromatic carbocycles. The molecular weight excluding hydrogens is 768 g/mol. The first-order valence-electron chi connectivity index (χ1n) is 22.6. The van der Waals surface area contributed by atoms with Gasteiger partial charge in [0.25, 0.3) is 0 Å². The third-order valence-electron chi connectivity index (χ3n) is 8.88. The number of nitrogens with zero attached hydrogens (tertiary/aromatic N) is 1. The lowest BCUT2D eigenvalue weighted by atomic mass is 10.1. The molecule has 0 aromatic heterocycles. The third-order valence-corrected chi connectivity index (χ3v) is 9.86. The van der Waals surface area contributed by atoms with E-state index >= 15 is 0 Å². The Morgan fingerprint density at radius 3 is 1.40 bits per heavy atom. The summed E-state index contributed by atoms with van der Waals surface area (Å²) in [5, 5.41) is 13.6. The Hall–Kier alpha value is -3.36. The van der Waals surface area contributed by atoms with Gasteiger partial charge in [-0.25, -0.2) is 4.57 Å². The number of phosphoric ester groups is 1. The Morgan fingerprint density at radius 2 is 0.983 bits per heavy atom. The van der Waals surface area contributed by atoms with Gasteiger partial charge in [0.1, 0.15) is 13.2 Å². The van der Waals surface area contributed by atoms with Gasteiger partial charge in [0.05, 0.1) is 39.9 Å². The van der Waals surface area contributed by atoms with Gasteiger partial charge in [0, 0.05) is 6.42 Å². The summed E-state index contributed by atoms with van der Waals surface area (Å²) in [5.41, 5.74) is 0. The second kappa shape index (κ2) is 41.0. The molecule has 0 heterocycles. The number of aliphatic hydroxyl groups excluding tert-OH is 1. The van der Waals surface area contributed by atoms with Crippen molar-refractivity contribution in [3.63, 3.8) is 0 Å². The fourth-order valence-corrected chi connectivity index (χ4v) is 6.04. The van der Waals surface area contributed by atoms with Gasteiger partial charge in [-0.15, -0.1) is 0 Å². The maximum Gasteiger partial charge on any atom is 0.472 e. The number of aliphatic hydroxyl groups is 1. The fraction of sp³-hybridized carbons (Fsp3) is 0.549. The van der Waals surface area contributed by atoms with Crippen molar-refractivity contribution in [3.05, 3.63) is 134 Å². The average molecular weight is 852 g/mol. The number of unbranched alkanes of at least 4 members (excludes halogenated alkanes) is 5. The third kappa shape index (κ3) is 42.8. The number of carbonyl (C=O) groups excluding carboxylic acids is 1. The van der Waals surface area contributed by atoms with Gasteiger partial charge in [-0.05, 0) is 96.3 Å². The van der Waals surface area contributed by atoms with Crippen molar-refractivity contribution in [1.29, 1.82) is 0 Å². The van der Waals surface area contributed by atoms with Crippen molar-refractivity contribution in [1.82, 2.24) is 5.32 Å². The quantitative estimate of drug-likeness (QED) is 0.0247. The Labute approximate surface area is 366 Å². The van der Waals surface area contributed by atoms with Crippen LogP contribution in [0.3, 0.4) is 0 Å². The molecule has 0 bridgehead atoms. The van der Waals surface area contributed by atoms with Gasteiger partial charge in [-0.1, -0.05) is 160 Å². The summed E-state index contributed by atoms with van der Waals surface area (Å²) >= 11 is 0. The number of hydrogen-bond donors (Lipinski definition) is 3. The normalized spacial score (nSPS) is 15.5. The molecule has 60 heavy (non-hydrogen) atoms. The molecule has 0 spiro atoms. The molecule has 0 aliphatic carbocycles. The standard InChI is InChI=1S/C51H83N2O6P/c1-6-8-10-12-13-14-15-16-17-18-19-20-21-22-23-24-25-26-27-28-29-30-31-32-33-34-35-36-37-38-39-41-43-45-51(55)52-49(50(54)44-42-40-11-9-7-2)48-59-60(56,57)58-47-46-53(3,4)5/h8,10,13-14,16-17,19-20,22-23,25-26,28-29,31-32,34-35,37-38,42,44,49-50,54H,6-7,9,11-12,15,18,21,24,27,30,33,36,39-41,43,45-48H2,1-5H3,(H-,52,55,56,57)/p+1/b10-8-,14-13-,17-16-,20-19-,23-22-,26-25-,29-28-,32-31-,35-34-,38-37-,44-42+. The minimum atomic E-state index is -4.34. The number of carbonyl (C=O) groups is 1. The molecule has 0 rings (SSSR count). The number of rotatable bonds is 38. The number of hydrogen-bond acceptors (Lipinski definition) is 5. The Balaban J connectivity index is 4.18. The molecular formula is C51H84N2O6P+. The van der Waals surface area contributed by atoms with Gasteiger partial charge >= 0.3 is 7.82 Å². The lowest BCUT2D eigenvalue weighted by Gasteiger charge is -2.25. The van der Waals surface area contributed by atoms with Gasteiger partial charge in [0.2, 0.25) is 5.91 Å². The number of quaternary nitrogens is 1. The fourth-order valence-electron chi connectivity index (χ4n) is 5.30. The number of phosphoric acid groups is 1. The van der Waals surface area contributed by atoms with Crippen molar-refractivity contribution in [2.75, 3.05) is 40.9 Å². The molecule has 3 unspecified atom stereocenters. The highest BCUT2D eigenvalue weighted by Crippen LogP contribution is 2.43. The van der Waals surface area contributed by atoms with Gasteiger partial charge in [0.15, 0.2) is 0 Å². The highest BCUT2D eigenvalue weighted by atomic mass is 31.2. The molecule has 1 amide bonds. The molecule has 3 N–H and O–H groups in total. The second-order valence-electron chi connectivity index (χ2n) is 15.7. The first-order chi connectivity index (χ1) is 29.0. The van der Waals surface area contributed by atoms with E-state index < -0.39 is 20.0 Å². The van der Waals surface area contributed by atoms with Crippen LogP contribution in [0.4, 0.5) is 0 Å². The summed E-state index contributed by atoms with van der Waals surface area (Å²) in [6.07, 6.45) is 63.0. The van der Waals surface area contributed by atoms with Crippen molar-refractivity contribution in [3.8, 4) is 0 Å².